The lowest BCUT2D eigenvalue weighted by molar-refractivity contribution is 0.199. The summed E-state index contributed by atoms with van der Waals surface area (Å²) in [5.74, 6) is 1.60. The van der Waals surface area contributed by atoms with Gasteiger partial charge in [-0.1, -0.05) is 13.3 Å². The van der Waals surface area contributed by atoms with E-state index in [9.17, 15) is 0 Å². The molecule has 1 N–H and O–H groups in total. The van der Waals surface area contributed by atoms with E-state index in [4.69, 9.17) is 9.72 Å². The van der Waals surface area contributed by atoms with Crippen molar-refractivity contribution < 1.29 is 4.74 Å². The Bertz CT molecular complexity index is 458. The number of hydrogen-bond donors (Lipinski definition) is 1. The highest BCUT2D eigenvalue weighted by Gasteiger charge is 2.31. The Morgan fingerprint density at radius 1 is 1.38 bits per heavy atom. The zero-order valence-electron chi connectivity index (χ0n) is 13.2. The van der Waals surface area contributed by atoms with Crippen LogP contribution in [-0.4, -0.2) is 38.3 Å². The lowest BCUT2D eigenvalue weighted by Crippen LogP contribution is -2.19. The second kappa shape index (κ2) is 7.07. The highest BCUT2D eigenvalue weighted by Crippen LogP contribution is 2.44. The van der Waals surface area contributed by atoms with E-state index in [1.165, 1.54) is 54.5 Å². The number of hydrogen-bond acceptors (Lipinski definition) is 5. The van der Waals surface area contributed by atoms with Gasteiger partial charge in [0, 0.05) is 44.1 Å². The van der Waals surface area contributed by atoms with Crippen molar-refractivity contribution in [3.8, 4) is 0 Å². The van der Waals surface area contributed by atoms with Crippen molar-refractivity contribution >= 4 is 16.5 Å². The Morgan fingerprint density at radius 3 is 2.90 bits per heavy atom. The van der Waals surface area contributed by atoms with E-state index in [1.54, 1.807) is 7.11 Å². The summed E-state index contributed by atoms with van der Waals surface area (Å²) >= 11 is 1.91. The number of aromatic nitrogens is 1. The minimum atomic E-state index is 0.735. The molecule has 1 aliphatic carbocycles. The molecule has 1 atom stereocenters. The van der Waals surface area contributed by atoms with Gasteiger partial charge < -0.3 is 15.0 Å². The predicted molar refractivity (Wildman–Crippen MR) is 88.3 cm³/mol. The van der Waals surface area contributed by atoms with E-state index < -0.39 is 0 Å². The van der Waals surface area contributed by atoms with Gasteiger partial charge in [0.25, 0.3) is 0 Å². The van der Waals surface area contributed by atoms with Gasteiger partial charge in [-0.3, -0.25) is 0 Å². The maximum Gasteiger partial charge on any atom is 0.185 e. The van der Waals surface area contributed by atoms with Gasteiger partial charge in [0.05, 0.1) is 12.3 Å². The molecule has 5 heteroatoms. The zero-order valence-corrected chi connectivity index (χ0v) is 14.0. The molecule has 0 bridgehead atoms. The predicted octanol–water partition coefficient (Wildman–Crippen LogP) is 2.99. The number of ether oxygens (including phenoxy) is 1. The van der Waals surface area contributed by atoms with Crippen LogP contribution in [0.5, 0.6) is 0 Å². The fraction of sp³-hybridized carbons (Fsp3) is 0.812. The molecule has 1 saturated carbocycles. The highest BCUT2D eigenvalue weighted by molar-refractivity contribution is 7.15. The van der Waals surface area contributed by atoms with Crippen molar-refractivity contribution in [2.24, 2.45) is 5.92 Å². The van der Waals surface area contributed by atoms with Gasteiger partial charge in [-0.2, -0.15) is 0 Å². The van der Waals surface area contributed by atoms with Crippen LogP contribution in [0.2, 0.25) is 0 Å². The topological polar surface area (TPSA) is 37.4 Å². The van der Waals surface area contributed by atoms with Gasteiger partial charge in [0.15, 0.2) is 5.13 Å². The Balaban J connectivity index is 1.65. The van der Waals surface area contributed by atoms with Crippen LogP contribution in [0.3, 0.4) is 0 Å². The first-order valence-electron chi connectivity index (χ1n) is 8.26. The van der Waals surface area contributed by atoms with Gasteiger partial charge in [0.1, 0.15) is 0 Å². The molecular weight excluding hydrogens is 282 g/mol. The van der Waals surface area contributed by atoms with Gasteiger partial charge in [-0.25, -0.2) is 4.98 Å². The fourth-order valence-electron chi connectivity index (χ4n) is 3.00. The quantitative estimate of drug-likeness (QED) is 0.749. The van der Waals surface area contributed by atoms with Crippen molar-refractivity contribution in [1.29, 1.82) is 0 Å². The van der Waals surface area contributed by atoms with E-state index in [-0.39, 0.29) is 0 Å². The first kappa shape index (κ1) is 15.3. The molecule has 2 aliphatic rings. The number of nitrogens with one attached hydrogen (secondary N) is 1. The zero-order chi connectivity index (χ0) is 14.7. The summed E-state index contributed by atoms with van der Waals surface area (Å²) in [6.07, 6.45) is 5.27. The van der Waals surface area contributed by atoms with Crippen LogP contribution in [0.4, 0.5) is 5.13 Å². The molecule has 118 valence electrons. The standard InChI is InChI=1S/C16H27N3OS/c1-3-12-6-8-19(11-12)16-18-15(13-4-5-13)14(21-16)10-17-7-9-20-2/h12-13,17H,3-11H2,1-2H3. The molecule has 1 saturated heterocycles. The van der Waals surface area contributed by atoms with E-state index in [1.807, 2.05) is 11.3 Å². The van der Waals surface area contributed by atoms with Gasteiger partial charge in [0.2, 0.25) is 0 Å². The van der Waals surface area contributed by atoms with Crippen LogP contribution in [0.1, 0.15) is 49.1 Å². The smallest absolute Gasteiger partial charge is 0.185 e. The Hall–Kier alpha value is -0.650. The van der Waals surface area contributed by atoms with Gasteiger partial charge in [-0.15, -0.1) is 11.3 Å². The second-order valence-corrected chi connectivity index (χ2v) is 7.32. The molecule has 1 aromatic rings. The normalized spacial score (nSPS) is 22.2. The first-order chi connectivity index (χ1) is 10.3. The maximum atomic E-state index is 5.10. The SMILES string of the molecule is CCC1CCN(c2nc(C3CC3)c(CNCCOC)s2)C1. The minimum Gasteiger partial charge on any atom is -0.383 e. The molecule has 3 rings (SSSR count). The molecule has 0 spiro atoms. The van der Waals surface area contributed by atoms with Crippen LogP contribution in [0.25, 0.3) is 0 Å². The van der Waals surface area contributed by atoms with Gasteiger partial charge in [-0.05, 0) is 25.2 Å². The van der Waals surface area contributed by atoms with E-state index >= 15 is 0 Å². The van der Waals surface area contributed by atoms with Gasteiger partial charge >= 0.3 is 0 Å². The third kappa shape index (κ3) is 3.76. The van der Waals surface area contributed by atoms with Crippen molar-refractivity contribution in [3.05, 3.63) is 10.6 Å². The van der Waals surface area contributed by atoms with E-state index in [0.717, 1.165) is 31.5 Å². The number of rotatable bonds is 8. The average molecular weight is 309 g/mol. The van der Waals surface area contributed by atoms with Crippen molar-refractivity contribution in [2.75, 3.05) is 38.3 Å². The summed E-state index contributed by atoms with van der Waals surface area (Å²) in [6.45, 7) is 7.32. The maximum absolute atomic E-state index is 5.10. The Kier molecular flexibility index (Phi) is 5.14. The molecule has 1 unspecified atom stereocenters. The fourth-order valence-corrected chi connectivity index (χ4v) is 4.15. The largest absolute Gasteiger partial charge is 0.383 e. The van der Waals surface area contributed by atoms with E-state index in [0.29, 0.717) is 0 Å². The molecule has 2 fully saturated rings. The lowest BCUT2D eigenvalue weighted by atomic mass is 10.1. The summed E-state index contributed by atoms with van der Waals surface area (Å²) in [5, 5.41) is 4.74. The molecule has 21 heavy (non-hydrogen) atoms. The first-order valence-corrected chi connectivity index (χ1v) is 9.07. The van der Waals surface area contributed by atoms with Crippen LogP contribution < -0.4 is 10.2 Å². The third-order valence-corrected chi connectivity index (χ3v) is 5.71. The van der Waals surface area contributed by atoms with Crippen LogP contribution in [-0.2, 0) is 11.3 Å². The number of nitrogens with zero attached hydrogens (tertiary/aromatic N) is 2. The molecule has 0 aromatic carbocycles. The summed E-state index contributed by atoms with van der Waals surface area (Å²) in [6, 6.07) is 0. The number of anilines is 1. The molecule has 1 aromatic heterocycles. The van der Waals surface area contributed by atoms with E-state index in [2.05, 4.69) is 17.1 Å². The Morgan fingerprint density at radius 2 is 2.24 bits per heavy atom. The summed E-state index contributed by atoms with van der Waals surface area (Å²) in [7, 11) is 1.75. The molecule has 1 aliphatic heterocycles. The van der Waals surface area contributed by atoms with Crippen molar-refractivity contribution in [2.45, 2.75) is 45.1 Å². The third-order valence-electron chi connectivity index (χ3n) is 4.58. The monoisotopic (exact) mass is 309 g/mol. The van der Waals surface area contributed by atoms with Crippen LogP contribution in [0.15, 0.2) is 0 Å². The van der Waals surface area contributed by atoms with Crippen molar-refractivity contribution in [1.82, 2.24) is 10.3 Å². The number of thiazole rings is 1. The lowest BCUT2D eigenvalue weighted by Gasteiger charge is -2.14. The molecule has 0 amide bonds. The second-order valence-electron chi connectivity index (χ2n) is 6.26. The van der Waals surface area contributed by atoms with Crippen LogP contribution in [0, 0.1) is 5.92 Å². The summed E-state index contributed by atoms with van der Waals surface area (Å²) < 4.78 is 5.10. The molecule has 2 heterocycles. The minimum absolute atomic E-state index is 0.735. The molecule has 4 nitrogen and oxygen atoms in total. The summed E-state index contributed by atoms with van der Waals surface area (Å²) in [4.78, 5) is 8.95. The van der Waals surface area contributed by atoms with Crippen LogP contribution >= 0.6 is 11.3 Å². The summed E-state index contributed by atoms with van der Waals surface area (Å²) in [5.41, 5.74) is 1.37. The van der Waals surface area contributed by atoms with Crippen molar-refractivity contribution in [3.63, 3.8) is 0 Å². The number of methoxy groups -OCH3 is 1. The molecular formula is C16H27N3OS. The molecule has 0 radical (unpaired) electrons. The Labute approximate surface area is 131 Å². The highest BCUT2D eigenvalue weighted by atomic mass is 32.1. The average Bonchev–Trinajstić information content (AvgIpc) is 3.08.